The van der Waals surface area contributed by atoms with Crippen molar-refractivity contribution in [1.29, 1.82) is 0 Å². The Labute approximate surface area is 154 Å². The molecule has 0 radical (unpaired) electrons. The molecule has 1 fully saturated rings. The van der Waals surface area contributed by atoms with E-state index in [0.29, 0.717) is 11.5 Å². The number of benzene rings is 1. The van der Waals surface area contributed by atoms with Crippen LogP contribution < -0.4 is 5.73 Å². The van der Waals surface area contributed by atoms with Gasteiger partial charge in [-0.1, -0.05) is 30.3 Å². The van der Waals surface area contributed by atoms with Crippen LogP contribution in [0.4, 0.5) is 5.82 Å². The van der Waals surface area contributed by atoms with Crippen molar-refractivity contribution >= 4 is 16.9 Å². The van der Waals surface area contributed by atoms with E-state index in [1.807, 2.05) is 6.07 Å². The summed E-state index contributed by atoms with van der Waals surface area (Å²) in [5.41, 5.74) is 11.4. The topological polar surface area (TPSA) is 74.1 Å². The standard InChI is InChI=1S/C20H26N6/c1-14-16(8-9-26-12-10-25(2)11-13-26)18(15-6-4-3-5-7-15)22-20-17(14)19(21)23-24-20/h3-7H,8-13H2,1-2H3,(H3,21,22,23,24). The summed E-state index contributed by atoms with van der Waals surface area (Å²) < 4.78 is 0. The molecule has 0 atom stereocenters. The molecule has 2 aromatic heterocycles. The van der Waals surface area contributed by atoms with Gasteiger partial charge in [0.25, 0.3) is 0 Å². The van der Waals surface area contributed by atoms with Gasteiger partial charge in [0.1, 0.15) is 5.82 Å². The molecular formula is C20H26N6. The predicted molar refractivity (Wildman–Crippen MR) is 106 cm³/mol. The number of aryl methyl sites for hydroxylation is 1. The predicted octanol–water partition coefficient (Wildman–Crippen LogP) is 2.31. The van der Waals surface area contributed by atoms with Gasteiger partial charge in [-0.05, 0) is 31.5 Å². The lowest BCUT2D eigenvalue weighted by atomic mass is 9.96. The van der Waals surface area contributed by atoms with Gasteiger partial charge < -0.3 is 15.5 Å². The van der Waals surface area contributed by atoms with Gasteiger partial charge in [0.05, 0.1) is 11.1 Å². The lowest BCUT2D eigenvalue weighted by Gasteiger charge is -2.32. The van der Waals surface area contributed by atoms with Crippen LogP contribution in [0.5, 0.6) is 0 Å². The molecule has 6 nitrogen and oxygen atoms in total. The highest BCUT2D eigenvalue weighted by Gasteiger charge is 2.19. The van der Waals surface area contributed by atoms with Crippen molar-refractivity contribution in [2.75, 3.05) is 45.5 Å². The number of nitrogens with one attached hydrogen (secondary N) is 1. The summed E-state index contributed by atoms with van der Waals surface area (Å²) in [5, 5.41) is 8.13. The Hall–Kier alpha value is -2.44. The first-order chi connectivity index (χ1) is 12.6. The summed E-state index contributed by atoms with van der Waals surface area (Å²) in [6, 6.07) is 10.4. The summed E-state index contributed by atoms with van der Waals surface area (Å²) in [4.78, 5) is 9.78. The molecule has 0 amide bonds. The van der Waals surface area contributed by atoms with Gasteiger partial charge in [0.2, 0.25) is 0 Å². The number of nitrogens with two attached hydrogens (primary N) is 1. The number of pyridine rings is 1. The van der Waals surface area contributed by atoms with Gasteiger partial charge in [0, 0.05) is 38.3 Å². The number of nitrogen functional groups attached to an aromatic ring is 1. The molecule has 3 N–H and O–H groups in total. The molecule has 0 saturated carbocycles. The minimum Gasteiger partial charge on any atom is -0.384 e. The second-order valence-corrected chi connectivity index (χ2v) is 7.16. The molecule has 6 heteroatoms. The van der Waals surface area contributed by atoms with Crippen LogP contribution in [0.1, 0.15) is 11.1 Å². The Morgan fingerprint density at radius 1 is 1.12 bits per heavy atom. The van der Waals surface area contributed by atoms with E-state index in [4.69, 9.17) is 10.7 Å². The van der Waals surface area contributed by atoms with Gasteiger partial charge in [-0.25, -0.2) is 4.98 Å². The van der Waals surface area contributed by atoms with E-state index < -0.39 is 0 Å². The Kier molecular flexibility index (Phi) is 4.61. The lowest BCUT2D eigenvalue weighted by molar-refractivity contribution is 0.155. The largest absolute Gasteiger partial charge is 0.384 e. The highest BCUT2D eigenvalue weighted by molar-refractivity contribution is 5.92. The fraction of sp³-hybridized carbons (Fsp3) is 0.400. The molecule has 0 aliphatic carbocycles. The highest BCUT2D eigenvalue weighted by Crippen LogP contribution is 2.31. The Balaban J connectivity index is 1.71. The molecule has 136 valence electrons. The first kappa shape index (κ1) is 17.0. The third-order valence-electron chi connectivity index (χ3n) is 5.43. The average molecular weight is 350 g/mol. The number of rotatable bonds is 4. The van der Waals surface area contributed by atoms with E-state index in [9.17, 15) is 0 Å². The number of fused-ring (bicyclic) bond motifs is 1. The molecule has 4 rings (SSSR count). The Bertz CT molecular complexity index is 894. The number of aromatic nitrogens is 3. The van der Waals surface area contributed by atoms with Gasteiger partial charge in [-0.2, -0.15) is 5.10 Å². The summed E-state index contributed by atoms with van der Waals surface area (Å²) in [5.74, 6) is 0.602. The van der Waals surface area contributed by atoms with Crippen LogP contribution in [0.3, 0.4) is 0 Å². The van der Waals surface area contributed by atoms with Crippen molar-refractivity contribution in [2.24, 2.45) is 0 Å². The van der Waals surface area contributed by atoms with Crippen molar-refractivity contribution in [1.82, 2.24) is 25.0 Å². The Morgan fingerprint density at radius 3 is 2.58 bits per heavy atom. The number of nitrogens with zero attached hydrogens (tertiary/aromatic N) is 4. The van der Waals surface area contributed by atoms with Crippen LogP contribution >= 0.6 is 0 Å². The molecule has 0 bridgehead atoms. The fourth-order valence-electron chi connectivity index (χ4n) is 3.78. The summed E-state index contributed by atoms with van der Waals surface area (Å²) in [7, 11) is 2.19. The van der Waals surface area contributed by atoms with E-state index >= 15 is 0 Å². The van der Waals surface area contributed by atoms with E-state index in [2.05, 4.69) is 58.2 Å². The number of piperazine rings is 1. The van der Waals surface area contributed by atoms with Gasteiger partial charge in [-0.3, -0.25) is 5.10 Å². The van der Waals surface area contributed by atoms with E-state index in [1.54, 1.807) is 0 Å². The Morgan fingerprint density at radius 2 is 1.85 bits per heavy atom. The van der Waals surface area contributed by atoms with Crippen LogP contribution in [0.15, 0.2) is 30.3 Å². The minimum absolute atomic E-state index is 0.602. The zero-order valence-electron chi connectivity index (χ0n) is 15.5. The highest BCUT2D eigenvalue weighted by atomic mass is 15.2. The molecule has 0 unspecified atom stereocenters. The molecule has 3 heterocycles. The van der Waals surface area contributed by atoms with Crippen LogP contribution in [0, 0.1) is 6.92 Å². The quantitative estimate of drug-likeness (QED) is 0.755. The number of hydrogen-bond donors (Lipinski definition) is 2. The van der Waals surface area contributed by atoms with Crippen LogP contribution in [-0.2, 0) is 6.42 Å². The number of hydrogen-bond acceptors (Lipinski definition) is 5. The van der Waals surface area contributed by atoms with Crippen molar-refractivity contribution in [3.8, 4) is 11.3 Å². The molecular weight excluding hydrogens is 324 g/mol. The number of H-pyrrole nitrogens is 1. The second-order valence-electron chi connectivity index (χ2n) is 7.16. The SMILES string of the molecule is Cc1c(CCN2CCN(C)CC2)c(-c2ccccc2)nc2n[nH]c(N)c12. The molecule has 3 aromatic rings. The molecule has 0 spiro atoms. The zero-order chi connectivity index (χ0) is 18.1. The monoisotopic (exact) mass is 350 g/mol. The second kappa shape index (κ2) is 7.05. The molecule has 1 aliphatic rings. The number of anilines is 1. The molecule has 26 heavy (non-hydrogen) atoms. The number of likely N-dealkylation sites (N-methyl/N-ethyl adjacent to an activating group) is 1. The van der Waals surface area contributed by atoms with Crippen molar-refractivity contribution in [3.63, 3.8) is 0 Å². The van der Waals surface area contributed by atoms with E-state index in [-0.39, 0.29) is 0 Å². The molecule has 1 aliphatic heterocycles. The van der Waals surface area contributed by atoms with Gasteiger partial charge in [0.15, 0.2) is 5.65 Å². The van der Waals surface area contributed by atoms with Crippen LogP contribution in [0.25, 0.3) is 22.3 Å². The smallest absolute Gasteiger partial charge is 0.183 e. The summed E-state index contributed by atoms with van der Waals surface area (Å²) in [6.45, 7) is 7.70. The third-order valence-corrected chi connectivity index (χ3v) is 5.43. The first-order valence-electron chi connectivity index (χ1n) is 9.23. The van der Waals surface area contributed by atoms with E-state index in [1.165, 1.54) is 11.1 Å². The maximum atomic E-state index is 6.11. The minimum atomic E-state index is 0.602. The summed E-state index contributed by atoms with van der Waals surface area (Å²) >= 11 is 0. The van der Waals surface area contributed by atoms with Crippen LogP contribution in [0.2, 0.25) is 0 Å². The average Bonchev–Trinajstić information content (AvgIpc) is 3.04. The summed E-state index contributed by atoms with van der Waals surface area (Å²) in [6.07, 6.45) is 0.966. The van der Waals surface area contributed by atoms with Gasteiger partial charge >= 0.3 is 0 Å². The molecule has 1 aromatic carbocycles. The van der Waals surface area contributed by atoms with Gasteiger partial charge in [-0.15, -0.1) is 0 Å². The van der Waals surface area contributed by atoms with Crippen molar-refractivity contribution in [2.45, 2.75) is 13.3 Å². The fourth-order valence-corrected chi connectivity index (χ4v) is 3.78. The maximum absolute atomic E-state index is 6.11. The van der Waals surface area contributed by atoms with Crippen molar-refractivity contribution in [3.05, 3.63) is 41.5 Å². The zero-order valence-corrected chi connectivity index (χ0v) is 15.5. The van der Waals surface area contributed by atoms with Crippen LogP contribution in [-0.4, -0.2) is 64.8 Å². The van der Waals surface area contributed by atoms with Crippen molar-refractivity contribution < 1.29 is 0 Å². The number of aromatic amines is 1. The van der Waals surface area contributed by atoms with E-state index in [0.717, 1.165) is 55.8 Å². The molecule has 1 saturated heterocycles. The third kappa shape index (κ3) is 3.18. The normalized spacial score (nSPS) is 16.4. The first-order valence-corrected chi connectivity index (χ1v) is 9.23. The lowest BCUT2D eigenvalue weighted by Crippen LogP contribution is -2.45. The maximum Gasteiger partial charge on any atom is 0.183 e.